The number of nitrogens with one attached hydrogen (secondary N) is 2. The van der Waals surface area contributed by atoms with E-state index < -0.39 is 10.2 Å². The zero-order chi connectivity index (χ0) is 22.7. The average Bonchev–Trinajstić information content (AvgIpc) is 2.72. The number of benzene rings is 2. The van der Waals surface area contributed by atoms with Crippen molar-refractivity contribution in [3.63, 3.8) is 0 Å². The third-order valence-corrected chi connectivity index (χ3v) is 7.53. The lowest BCUT2D eigenvalue weighted by atomic mass is 10.0. The number of nitrogens with zero attached hydrogens (tertiary/aromatic N) is 2. The Kier molecular flexibility index (Phi) is 7.47. The van der Waals surface area contributed by atoms with Crippen LogP contribution in [-0.2, 0) is 23.2 Å². The summed E-state index contributed by atoms with van der Waals surface area (Å²) < 4.78 is 30.7. The van der Waals surface area contributed by atoms with Crippen LogP contribution in [0.5, 0.6) is 0 Å². The minimum Gasteiger partial charge on any atom is -0.299 e. The van der Waals surface area contributed by atoms with Crippen LogP contribution in [0, 0.1) is 0 Å². The average molecular weight is 558 g/mol. The summed E-state index contributed by atoms with van der Waals surface area (Å²) in [6.45, 7) is 2.73. The summed E-state index contributed by atoms with van der Waals surface area (Å²) in [6.07, 6.45) is 3.82. The zero-order valence-corrected chi connectivity index (χ0v) is 21.1. The maximum Gasteiger partial charge on any atom is 0.322 e. The number of amidine groups is 1. The normalized spacial score (nSPS) is 20.5. The van der Waals surface area contributed by atoms with Crippen LogP contribution < -0.4 is 9.44 Å². The van der Waals surface area contributed by atoms with Gasteiger partial charge in [0.2, 0.25) is 0 Å². The third-order valence-electron chi connectivity index (χ3n) is 5.41. The van der Waals surface area contributed by atoms with Crippen molar-refractivity contribution >= 4 is 55.2 Å². The Labute approximate surface area is 207 Å². The first kappa shape index (κ1) is 23.6. The molecule has 2 heterocycles. The summed E-state index contributed by atoms with van der Waals surface area (Å²) >= 11 is 15.7. The molecule has 2 aromatic carbocycles. The molecule has 2 aliphatic rings. The zero-order valence-electron chi connectivity index (χ0n) is 17.2. The van der Waals surface area contributed by atoms with Gasteiger partial charge in [0.1, 0.15) is 5.84 Å². The van der Waals surface area contributed by atoms with Crippen molar-refractivity contribution in [3.05, 3.63) is 79.9 Å². The molecule has 2 N–H and O–H groups in total. The minimum atomic E-state index is -3.71. The number of allylic oxidation sites excluding steroid dienone is 1. The summed E-state index contributed by atoms with van der Waals surface area (Å²) in [5.74, 6) is 0.357. The lowest BCUT2D eigenvalue weighted by Crippen LogP contribution is -2.45. The molecule has 0 bridgehead atoms. The molecule has 0 radical (unpaired) electrons. The smallest absolute Gasteiger partial charge is 0.299 e. The Morgan fingerprint density at radius 3 is 2.47 bits per heavy atom. The van der Waals surface area contributed by atoms with Gasteiger partial charge in [-0.2, -0.15) is 8.42 Å². The SMILES string of the molecule is O=S1(=O)NC(Cc2ccc(Cl)cc2Cl)=CC(=NC2CCN(Cc3ccc(Br)cc3)CC2)N1. The van der Waals surface area contributed by atoms with Crippen LogP contribution in [0.2, 0.25) is 10.0 Å². The van der Waals surface area contributed by atoms with Crippen molar-refractivity contribution in [1.82, 2.24) is 14.3 Å². The molecular formula is C22H23BrCl2N4O2S. The highest BCUT2D eigenvalue weighted by molar-refractivity contribution is 9.10. The second-order valence-corrected chi connectivity index (χ2v) is 11.1. The molecule has 170 valence electrons. The molecule has 2 aromatic rings. The summed E-state index contributed by atoms with van der Waals surface area (Å²) in [7, 11) is -3.71. The summed E-state index contributed by atoms with van der Waals surface area (Å²) in [4.78, 5) is 7.09. The fraction of sp³-hybridized carbons (Fsp3) is 0.318. The Bertz CT molecular complexity index is 1150. The Morgan fingerprint density at radius 2 is 1.78 bits per heavy atom. The van der Waals surface area contributed by atoms with Crippen molar-refractivity contribution in [3.8, 4) is 0 Å². The van der Waals surface area contributed by atoms with Gasteiger partial charge in [0, 0.05) is 52.3 Å². The molecule has 6 nitrogen and oxygen atoms in total. The molecule has 32 heavy (non-hydrogen) atoms. The lowest BCUT2D eigenvalue weighted by Gasteiger charge is -2.31. The van der Waals surface area contributed by atoms with E-state index in [0.717, 1.165) is 42.5 Å². The second kappa shape index (κ2) is 10.1. The molecule has 0 amide bonds. The Morgan fingerprint density at radius 1 is 1.06 bits per heavy atom. The molecular weight excluding hydrogens is 535 g/mol. The van der Waals surface area contributed by atoms with Crippen molar-refractivity contribution in [2.45, 2.75) is 31.8 Å². The van der Waals surface area contributed by atoms with Gasteiger partial charge in [-0.25, -0.2) is 0 Å². The largest absolute Gasteiger partial charge is 0.322 e. The minimum absolute atomic E-state index is 0.0728. The van der Waals surface area contributed by atoms with E-state index in [4.69, 9.17) is 28.2 Å². The summed E-state index contributed by atoms with van der Waals surface area (Å²) in [5, 5.41) is 1.03. The van der Waals surface area contributed by atoms with Crippen molar-refractivity contribution in [2.24, 2.45) is 4.99 Å². The topological polar surface area (TPSA) is 73.8 Å². The number of aliphatic imine (C=N–C) groups is 1. The van der Waals surface area contributed by atoms with E-state index in [1.165, 1.54) is 5.56 Å². The van der Waals surface area contributed by atoms with Gasteiger partial charge in [-0.05, 0) is 48.2 Å². The van der Waals surface area contributed by atoms with Crippen LogP contribution in [0.4, 0.5) is 0 Å². The van der Waals surface area contributed by atoms with Crippen LogP contribution in [0.1, 0.15) is 24.0 Å². The number of piperidine rings is 1. The third kappa shape index (κ3) is 6.48. The van der Waals surface area contributed by atoms with Gasteiger partial charge in [0.25, 0.3) is 0 Å². The fourth-order valence-electron chi connectivity index (χ4n) is 3.83. The molecule has 0 aromatic heterocycles. The molecule has 0 atom stereocenters. The molecule has 4 rings (SSSR count). The van der Waals surface area contributed by atoms with Crippen molar-refractivity contribution in [2.75, 3.05) is 13.1 Å². The molecule has 0 spiro atoms. The quantitative estimate of drug-likeness (QED) is 0.560. The molecule has 0 unspecified atom stereocenters. The van der Waals surface area contributed by atoms with E-state index in [1.807, 2.05) is 0 Å². The van der Waals surface area contributed by atoms with Gasteiger partial charge in [-0.1, -0.05) is 57.3 Å². The highest BCUT2D eigenvalue weighted by Crippen LogP contribution is 2.24. The van der Waals surface area contributed by atoms with E-state index in [0.29, 0.717) is 28.0 Å². The second-order valence-electron chi connectivity index (χ2n) is 7.94. The number of hydrogen-bond acceptors (Lipinski definition) is 4. The number of halogens is 3. The van der Waals surface area contributed by atoms with Gasteiger partial charge in [-0.3, -0.25) is 19.3 Å². The predicted molar refractivity (Wildman–Crippen MR) is 133 cm³/mol. The first-order chi connectivity index (χ1) is 15.3. The van der Waals surface area contributed by atoms with E-state index in [1.54, 1.807) is 24.3 Å². The van der Waals surface area contributed by atoms with Crippen LogP contribution in [0.3, 0.4) is 0 Å². The first-order valence-electron chi connectivity index (χ1n) is 10.3. The van der Waals surface area contributed by atoms with Gasteiger partial charge < -0.3 is 0 Å². The maximum absolute atomic E-state index is 12.3. The molecule has 1 fully saturated rings. The highest BCUT2D eigenvalue weighted by atomic mass is 79.9. The molecule has 0 aliphatic carbocycles. The van der Waals surface area contributed by atoms with Crippen molar-refractivity contribution in [1.29, 1.82) is 0 Å². The highest BCUT2D eigenvalue weighted by Gasteiger charge is 2.24. The summed E-state index contributed by atoms with van der Waals surface area (Å²) in [6, 6.07) is 13.6. The first-order valence-corrected chi connectivity index (χ1v) is 13.3. The van der Waals surface area contributed by atoms with E-state index in [2.05, 4.69) is 54.5 Å². The number of rotatable bonds is 5. The number of likely N-dealkylation sites (tertiary alicyclic amines) is 1. The maximum atomic E-state index is 12.3. The van der Waals surface area contributed by atoms with E-state index in [9.17, 15) is 8.42 Å². The molecule has 10 heteroatoms. The van der Waals surface area contributed by atoms with Crippen molar-refractivity contribution < 1.29 is 8.42 Å². The van der Waals surface area contributed by atoms with E-state index in [-0.39, 0.29) is 6.04 Å². The van der Waals surface area contributed by atoms with Gasteiger partial charge in [0.15, 0.2) is 0 Å². The predicted octanol–water partition coefficient (Wildman–Crippen LogP) is 4.68. The molecule has 0 saturated carbocycles. The fourth-order valence-corrected chi connectivity index (χ4v) is 5.49. The van der Waals surface area contributed by atoms with Crippen LogP contribution >= 0.6 is 39.1 Å². The lowest BCUT2D eigenvalue weighted by molar-refractivity contribution is 0.206. The Balaban J connectivity index is 1.41. The monoisotopic (exact) mass is 556 g/mol. The summed E-state index contributed by atoms with van der Waals surface area (Å²) in [5.41, 5.74) is 2.57. The van der Waals surface area contributed by atoms with Gasteiger partial charge in [-0.15, -0.1) is 0 Å². The van der Waals surface area contributed by atoms with E-state index >= 15 is 0 Å². The standard InChI is InChI=1S/C22H23BrCl2N4O2S/c23-17-4-1-15(2-5-17)14-29-9-7-19(8-10-29)26-22-13-20(27-32(30,31)28-22)11-16-3-6-18(24)12-21(16)25/h1-6,12-13,19,27H,7-11,14H2,(H,26,28). The van der Waals surface area contributed by atoms with Gasteiger partial charge >= 0.3 is 10.2 Å². The van der Waals surface area contributed by atoms with Gasteiger partial charge in [0.05, 0.1) is 6.04 Å². The Hall–Kier alpha value is -1.58. The van der Waals surface area contributed by atoms with Crippen LogP contribution in [-0.4, -0.2) is 38.3 Å². The van der Waals surface area contributed by atoms with Crippen LogP contribution in [0.25, 0.3) is 0 Å². The number of hydrogen-bond donors (Lipinski definition) is 2. The molecule has 1 saturated heterocycles. The molecule has 2 aliphatic heterocycles. The van der Waals surface area contributed by atoms with Crippen LogP contribution in [0.15, 0.2) is 63.7 Å².